The molecule has 1 aliphatic heterocycles. The summed E-state index contributed by atoms with van der Waals surface area (Å²) in [6, 6.07) is 13.3. The Morgan fingerprint density at radius 2 is 1.66 bits per heavy atom. The summed E-state index contributed by atoms with van der Waals surface area (Å²) in [5, 5.41) is 16.3. The number of ketones is 1. The number of halogens is 2. The number of esters is 1. The van der Waals surface area contributed by atoms with E-state index in [2.05, 4.69) is 15.6 Å². The number of aromatic hydroxyl groups is 1. The second-order valence-corrected chi connectivity index (χ2v) is 8.40. The van der Waals surface area contributed by atoms with Crippen LogP contribution >= 0.6 is 24.8 Å². The van der Waals surface area contributed by atoms with Crippen molar-refractivity contribution in [3.05, 3.63) is 89.2 Å². The number of nitrogens with zero attached hydrogens (tertiary/aromatic N) is 1. The Balaban J connectivity index is 0.00000253. The van der Waals surface area contributed by atoms with Crippen LogP contribution in [0.3, 0.4) is 0 Å². The number of carbonyl (C=O) groups is 3. The number of hydrogen-bond acceptors (Lipinski definition) is 8. The number of carbonyl (C=O) groups excluding carboxylic acids is 3. The van der Waals surface area contributed by atoms with Crippen LogP contribution in [0.25, 0.3) is 0 Å². The van der Waals surface area contributed by atoms with Gasteiger partial charge in [0.2, 0.25) is 0 Å². The van der Waals surface area contributed by atoms with Crippen molar-refractivity contribution in [1.29, 1.82) is 0 Å². The van der Waals surface area contributed by atoms with Gasteiger partial charge in [-0.3, -0.25) is 14.6 Å². The van der Waals surface area contributed by atoms with Crippen LogP contribution in [0.1, 0.15) is 49.5 Å². The third-order valence-corrected chi connectivity index (χ3v) is 6.00. The summed E-state index contributed by atoms with van der Waals surface area (Å²) in [7, 11) is 1.47. The van der Waals surface area contributed by atoms with Crippen LogP contribution in [0.4, 0.5) is 0 Å². The van der Waals surface area contributed by atoms with E-state index in [9.17, 15) is 19.5 Å². The summed E-state index contributed by atoms with van der Waals surface area (Å²) >= 11 is 0. The molecule has 11 heteroatoms. The predicted octanol–water partition coefficient (Wildman–Crippen LogP) is 3.58. The normalized spacial score (nSPS) is 16.6. The number of rotatable bonds is 7. The van der Waals surface area contributed by atoms with Gasteiger partial charge in [-0.25, -0.2) is 4.79 Å². The van der Waals surface area contributed by atoms with Crippen LogP contribution in [-0.4, -0.2) is 60.1 Å². The minimum absolute atomic E-state index is 0. The van der Waals surface area contributed by atoms with Crippen LogP contribution < -0.4 is 15.4 Å². The van der Waals surface area contributed by atoms with Crippen LogP contribution in [0.15, 0.2) is 67.0 Å². The number of methoxy groups -OCH3 is 1. The van der Waals surface area contributed by atoms with E-state index in [-0.39, 0.29) is 47.6 Å². The van der Waals surface area contributed by atoms with Crippen LogP contribution in [0, 0.1) is 0 Å². The van der Waals surface area contributed by atoms with Gasteiger partial charge in [-0.15, -0.1) is 24.8 Å². The predicted molar refractivity (Wildman–Crippen MR) is 146 cm³/mol. The summed E-state index contributed by atoms with van der Waals surface area (Å²) in [5.74, 6) is -0.935. The fraction of sp³-hybridized carbons (Fsp3) is 0.259. The molecule has 1 saturated heterocycles. The molecule has 3 N–H and O–H groups in total. The van der Waals surface area contributed by atoms with E-state index in [0.717, 1.165) is 13.0 Å². The first-order valence-electron chi connectivity index (χ1n) is 11.6. The SMILES string of the molecule is COc1ccc(O)c(C(=O)c2ccc(C(=O)O[C@@H]3CCCNC[C@H]3NC(=O)c3ccncc3)cc2)c1.Cl.Cl. The number of pyridine rings is 1. The number of ether oxygens (including phenoxy) is 2. The standard InChI is InChI=1S/C27H27N3O6.2ClH/c1-35-20-8-9-23(31)21(15-20)25(32)17-4-6-19(7-5-17)27(34)36-24-3-2-12-29-16-22(24)30-26(33)18-10-13-28-14-11-18;;/h4-11,13-15,22,24,29,31H,2-3,12,16H2,1H3,(H,30,33);2*1H/t22-,24-;;/m1../s1. The average Bonchev–Trinajstić information content (AvgIpc) is 3.13. The lowest BCUT2D eigenvalue weighted by atomic mass is 10.0. The molecule has 3 aromatic rings. The molecule has 0 bridgehead atoms. The molecule has 0 radical (unpaired) electrons. The Bertz CT molecular complexity index is 1240. The van der Waals surface area contributed by atoms with Gasteiger partial charge in [0.1, 0.15) is 17.6 Å². The van der Waals surface area contributed by atoms with Gasteiger partial charge in [-0.1, -0.05) is 12.1 Å². The lowest BCUT2D eigenvalue weighted by molar-refractivity contribution is 0.0192. The molecule has 0 unspecified atom stereocenters. The van der Waals surface area contributed by atoms with Crippen molar-refractivity contribution in [1.82, 2.24) is 15.6 Å². The first-order chi connectivity index (χ1) is 17.5. The summed E-state index contributed by atoms with van der Waals surface area (Å²) in [6.45, 7) is 1.22. The first kappa shape index (κ1) is 30.6. The number of nitrogens with one attached hydrogen (secondary N) is 2. The Morgan fingerprint density at radius 1 is 0.974 bits per heavy atom. The van der Waals surface area contributed by atoms with Crippen molar-refractivity contribution in [3.63, 3.8) is 0 Å². The molecule has 1 amide bonds. The maximum Gasteiger partial charge on any atom is 0.338 e. The fourth-order valence-electron chi connectivity index (χ4n) is 4.00. The maximum absolute atomic E-state index is 12.9. The molecular weight excluding hydrogens is 533 g/mol. The van der Waals surface area contributed by atoms with Crippen LogP contribution in [-0.2, 0) is 4.74 Å². The van der Waals surface area contributed by atoms with Gasteiger partial charge >= 0.3 is 5.97 Å². The minimum Gasteiger partial charge on any atom is -0.507 e. The molecule has 1 aromatic heterocycles. The number of hydrogen-bond donors (Lipinski definition) is 3. The largest absolute Gasteiger partial charge is 0.507 e. The van der Waals surface area contributed by atoms with Crippen LogP contribution in [0.2, 0.25) is 0 Å². The van der Waals surface area contributed by atoms with Gasteiger partial charge in [0.25, 0.3) is 5.91 Å². The zero-order chi connectivity index (χ0) is 25.5. The number of aromatic nitrogens is 1. The van der Waals surface area contributed by atoms with E-state index in [1.807, 2.05) is 0 Å². The Kier molecular flexibility index (Phi) is 11.5. The second kappa shape index (κ2) is 14.3. The van der Waals surface area contributed by atoms with Crippen LogP contribution in [0.5, 0.6) is 11.5 Å². The number of phenols is 1. The van der Waals surface area contributed by atoms with Gasteiger partial charge in [0.15, 0.2) is 5.78 Å². The molecule has 4 rings (SSSR count). The Labute approximate surface area is 232 Å². The van der Waals surface area contributed by atoms with E-state index in [4.69, 9.17) is 9.47 Å². The lowest BCUT2D eigenvalue weighted by Gasteiger charge is -2.26. The van der Waals surface area contributed by atoms with E-state index >= 15 is 0 Å². The second-order valence-electron chi connectivity index (χ2n) is 8.40. The van der Waals surface area contributed by atoms with Crippen molar-refractivity contribution in [2.45, 2.75) is 25.0 Å². The van der Waals surface area contributed by atoms with Gasteiger partial charge in [-0.05, 0) is 61.9 Å². The fourth-order valence-corrected chi connectivity index (χ4v) is 4.00. The van der Waals surface area contributed by atoms with E-state index in [1.54, 1.807) is 30.6 Å². The van der Waals surface area contributed by atoms with Crippen molar-refractivity contribution in [2.75, 3.05) is 20.2 Å². The van der Waals surface area contributed by atoms with Crippen molar-refractivity contribution in [3.8, 4) is 11.5 Å². The minimum atomic E-state index is -0.548. The molecule has 0 spiro atoms. The van der Waals surface area contributed by atoms with Gasteiger partial charge in [0, 0.05) is 30.1 Å². The van der Waals surface area contributed by atoms with E-state index < -0.39 is 23.9 Å². The summed E-state index contributed by atoms with van der Waals surface area (Å²) in [6.07, 6.45) is 3.94. The molecule has 2 aromatic carbocycles. The smallest absolute Gasteiger partial charge is 0.338 e. The molecule has 202 valence electrons. The molecule has 9 nitrogen and oxygen atoms in total. The highest BCUT2D eigenvalue weighted by molar-refractivity contribution is 6.11. The maximum atomic E-state index is 12.9. The summed E-state index contributed by atoms with van der Waals surface area (Å²) < 4.78 is 10.9. The molecular formula is C27H29Cl2N3O6. The zero-order valence-corrected chi connectivity index (χ0v) is 22.2. The molecule has 1 aliphatic rings. The molecule has 2 heterocycles. The van der Waals surface area contributed by atoms with Gasteiger partial charge in [0.05, 0.1) is 24.3 Å². The quantitative estimate of drug-likeness (QED) is 0.295. The molecule has 0 saturated carbocycles. The first-order valence-corrected chi connectivity index (χ1v) is 11.6. The number of amides is 1. The summed E-state index contributed by atoms with van der Waals surface area (Å²) in [5.41, 5.74) is 1.15. The zero-order valence-electron chi connectivity index (χ0n) is 20.6. The van der Waals surface area contributed by atoms with E-state index in [0.29, 0.717) is 29.8 Å². The van der Waals surface area contributed by atoms with Crippen molar-refractivity contribution < 1.29 is 29.0 Å². The van der Waals surface area contributed by atoms with E-state index in [1.165, 1.54) is 43.5 Å². The number of benzene rings is 2. The lowest BCUT2D eigenvalue weighted by Crippen LogP contribution is -2.49. The third-order valence-electron chi connectivity index (χ3n) is 6.00. The van der Waals surface area contributed by atoms with Crippen molar-refractivity contribution >= 4 is 42.5 Å². The van der Waals surface area contributed by atoms with Gasteiger partial charge in [-0.2, -0.15) is 0 Å². The van der Waals surface area contributed by atoms with Crippen molar-refractivity contribution in [2.24, 2.45) is 0 Å². The Morgan fingerprint density at radius 3 is 2.34 bits per heavy atom. The average molecular weight is 562 g/mol. The topological polar surface area (TPSA) is 127 Å². The highest BCUT2D eigenvalue weighted by atomic mass is 35.5. The molecule has 1 fully saturated rings. The van der Waals surface area contributed by atoms with Gasteiger partial charge < -0.3 is 25.2 Å². The molecule has 0 aliphatic carbocycles. The molecule has 38 heavy (non-hydrogen) atoms. The molecule has 2 atom stereocenters. The Hall–Kier alpha value is -3.66. The summed E-state index contributed by atoms with van der Waals surface area (Å²) in [4.78, 5) is 42.3. The highest BCUT2D eigenvalue weighted by Gasteiger charge is 2.29. The third kappa shape index (κ3) is 7.44. The number of phenolic OH excluding ortho intramolecular Hbond substituents is 1. The highest BCUT2D eigenvalue weighted by Crippen LogP contribution is 2.26. The monoisotopic (exact) mass is 561 g/mol.